The van der Waals surface area contributed by atoms with Gasteiger partial charge in [-0.15, -0.1) is 0 Å². The second kappa shape index (κ2) is 36.0. The molecule has 30 heteroatoms. The summed E-state index contributed by atoms with van der Waals surface area (Å²) < 4.78 is 3.57. The lowest BCUT2D eigenvalue weighted by atomic mass is 9.91. The van der Waals surface area contributed by atoms with Gasteiger partial charge in [-0.05, 0) is 97.9 Å². The Morgan fingerprint density at radius 3 is 1.32 bits per heavy atom. The third kappa shape index (κ3) is 18.1. The van der Waals surface area contributed by atoms with Crippen molar-refractivity contribution in [3.05, 3.63) is 205 Å². The third-order valence-electron chi connectivity index (χ3n) is 23.2. The number of nitrogens with zero attached hydrogens (tertiary/aromatic N) is 14. The predicted octanol–water partition coefficient (Wildman–Crippen LogP) is 7.47. The first-order valence-corrected chi connectivity index (χ1v) is 40.1. The Hall–Kier alpha value is -11.6. The normalized spacial score (nSPS) is 22.6. The van der Waals surface area contributed by atoms with Gasteiger partial charge in [0.05, 0.1) is 36.8 Å². The average Bonchev–Trinajstić information content (AvgIpc) is 1.62. The number of anilines is 6. The lowest BCUT2D eigenvalue weighted by Gasteiger charge is -2.33. The molecule has 30 nitrogen and oxygen atoms in total. The highest BCUT2D eigenvalue weighted by molar-refractivity contribution is 5.86. The van der Waals surface area contributed by atoms with E-state index in [0.29, 0.717) is 111 Å². The van der Waals surface area contributed by atoms with Crippen LogP contribution in [0.15, 0.2) is 183 Å². The molecule has 2 aliphatic carbocycles. The maximum Gasteiger partial charge on any atom is 0.317 e. The molecular weight excluding hydrogens is 1450 g/mol. The first-order chi connectivity index (χ1) is 55.7. The van der Waals surface area contributed by atoms with E-state index in [1.807, 2.05) is 114 Å². The van der Waals surface area contributed by atoms with Crippen LogP contribution in [-0.4, -0.2) is 224 Å². The number of carbonyl (C=O) groups excluding carboxylic acids is 4. The molecule has 5 unspecified atom stereocenters. The van der Waals surface area contributed by atoms with E-state index in [4.69, 9.17) is 29.9 Å². The van der Waals surface area contributed by atoms with Gasteiger partial charge in [-0.1, -0.05) is 147 Å². The number of amides is 6. The van der Waals surface area contributed by atoms with Crippen LogP contribution in [-0.2, 0) is 9.59 Å². The summed E-state index contributed by atoms with van der Waals surface area (Å²) in [6, 6.07) is 50.4. The Bertz CT molecular complexity index is 4750. The monoisotopic (exact) mass is 1550 g/mol. The molecule has 0 bridgehead atoms. The highest BCUT2D eigenvalue weighted by Crippen LogP contribution is 2.39. The number of aliphatic hydroxyl groups is 4. The summed E-state index contributed by atoms with van der Waals surface area (Å²) in [6.07, 6.45) is 8.20. The Morgan fingerprint density at radius 2 is 0.851 bits per heavy atom. The molecule has 0 spiro atoms. The minimum absolute atomic E-state index is 0.00907. The zero-order chi connectivity index (χ0) is 78.6. The molecule has 4 aliphatic heterocycles. The van der Waals surface area contributed by atoms with Crippen molar-refractivity contribution in [3.63, 3.8) is 0 Å². The van der Waals surface area contributed by atoms with Crippen LogP contribution in [0.3, 0.4) is 0 Å². The van der Waals surface area contributed by atoms with Gasteiger partial charge in [-0.25, -0.2) is 29.5 Å². The topological polar surface area (TPSA) is 371 Å². The lowest BCUT2D eigenvalue weighted by Crippen LogP contribution is -2.50. The van der Waals surface area contributed by atoms with Crippen LogP contribution < -0.4 is 57.2 Å². The number of imidazole rings is 2. The second-order valence-corrected chi connectivity index (χ2v) is 30.5. The van der Waals surface area contributed by atoms with Crippen molar-refractivity contribution in [1.29, 1.82) is 0 Å². The fourth-order valence-corrected chi connectivity index (χ4v) is 16.8. The molecule has 2 saturated carbocycles. The zero-order valence-electron chi connectivity index (χ0n) is 64.2. The van der Waals surface area contributed by atoms with Crippen molar-refractivity contribution < 1.29 is 39.6 Å². The molecular formula is C84H102N22O8. The number of likely N-dealkylation sites (tertiary alicyclic amines) is 1. The molecule has 6 amide bonds. The molecule has 114 heavy (non-hydrogen) atoms. The number of benzene rings is 4. The number of nitrogens with one attached hydrogen (secondary N) is 8. The second-order valence-electron chi connectivity index (χ2n) is 30.5. The zero-order valence-corrected chi connectivity index (χ0v) is 64.2. The van der Waals surface area contributed by atoms with E-state index < -0.39 is 48.6 Å². The van der Waals surface area contributed by atoms with Crippen LogP contribution in [0.1, 0.15) is 124 Å². The number of fused-ring (bicyclic) bond motifs is 2. The molecule has 12 N–H and O–H groups in total. The van der Waals surface area contributed by atoms with E-state index in [0.717, 1.165) is 85.8 Å². The molecule has 10 heterocycles. The number of pyridine rings is 2. The average molecular weight is 1550 g/mol. The highest BCUT2D eigenvalue weighted by Gasteiger charge is 2.46. The van der Waals surface area contributed by atoms with Crippen LogP contribution in [0.5, 0.6) is 0 Å². The molecule has 16 rings (SSSR count). The number of rotatable bonds is 24. The summed E-state index contributed by atoms with van der Waals surface area (Å²) in [7, 11) is 0. The summed E-state index contributed by atoms with van der Waals surface area (Å²) in [5.74, 6) is 3.45. The van der Waals surface area contributed by atoms with E-state index in [-0.39, 0.29) is 72.7 Å². The fourth-order valence-electron chi connectivity index (χ4n) is 16.8. The number of carbonyl (C=O) groups is 4. The van der Waals surface area contributed by atoms with Crippen molar-refractivity contribution >= 4 is 81.4 Å². The van der Waals surface area contributed by atoms with Crippen LogP contribution >= 0.6 is 0 Å². The van der Waals surface area contributed by atoms with Gasteiger partial charge < -0.3 is 91.7 Å². The Labute approximate surface area is 662 Å². The predicted molar refractivity (Wildman–Crippen MR) is 436 cm³/mol. The number of aliphatic hydroxyl groups excluding tert-OH is 4. The van der Waals surface area contributed by atoms with Crippen molar-refractivity contribution in [2.24, 2.45) is 0 Å². The van der Waals surface area contributed by atoms with Crippen molar-refractivity contribution in [3.8, 4) is 0 Å². The molecule has 6 aliphatic rings. The maximum atomic E-state index is 13.4. The van der Waals surface area contributed by atoms with Crippen LogP contribution in [0.25, 0.3) is 22.3 Å². The number of aromatic nitrogens is 10. The van der Waals surface area contributed by atoms with E-state index in [1.165, 1.54) is 0 Å². The minimum atomic E-state index is -1.16. The summed E-state index contributed by atoms with van der Waals surface area (Å²) in [6.45, 7) is 10.1. The van der Waals surface area contributed by atoms with Gasteiger partial charge in [0, 0.05) is 127 Å². The van der Waals surface area contributed by atoms with E-state index >= 15 is 0 Å². The Kier molecular flexibility index (Phi) is 24.6. The third-order valence-corrected chi connectivity index (χ3v) is 23.2. The van der Waals surface area contributed by atoms with E-state index in [1.54, 1.807) is 48.0 Å². The molecule has 6 aromatic heterocycles. The number of piperidine rings is 2. The molecule has 10 atom stereocenters. The van der Waals surface area contributed by atoms with Gasteiger partial charge in [-0.2, -0.15) is 19.9 Å². The largest absolute Gasteiger partial charge is 0.388 e. The molecule has 10 aromatic rings. The summed E-state index contributed by atoms with van der Waals surface area (Å²) in [4.78, 5) is 97.9. The van der Waals surface area contributed by atoms with Gasteiger partial charge in [0.1, 0.15) is 36.1 Å². The first kappa shape index (κ1) is 77.7. The van der Waals surface area contributed by atoms with Crippen LogP contribution in [0, 0.1) is 0 Å². The number of hydrogen-bond donors (Lipinski definition) is 12. The van der Waals surface area contributed by atoms with Crippen molar-refractivity contribution in [2.45, 2.75) is 163 Å². The molecule has 4 saturated heterocycles. The summed E-state index contributed by atoms with van der Waals surface area (Å²) in [5.41, 5.74) is 6.64. The molecule has 6 fully saturated rings. The van der Waals surface area contributed by atoms with Crippen LogP contribution in [0.2, 0.25) is 0 Å². The summed E-state index contributed by atoms with van der Waals surface area (Å²) in [5, 5.41) is 70.4. The van der Waals surface area contributed by atoms with Gasteiger partial charge in [0.25, 0.3) is 0 Å². The van der Waals surface area contributed by atoms with Crippen LogP contribution in [0.4, 0.5) is 44.8 Å². The fraction of sp³-hybridized carbons (Fsp3) is 0.429. The van der Waals surface area contributed by atoms with Crippen molar-refractivity contribution in [1.82, 2.24) is 80.5 Å². The number of hydrogen-bond acceptors (Lipinski definition) is 22. The van der Waals surface area contributed by atoms with Gasteiger partial charge in [-0.3, -0.25) is 9.59 Å². The summed E-state index contributed by atoms with van der Waals surface area (Å²) >= 11 is 0. The quantitative estimate of drug-likeness (QED) is 0.0279. The smallest absolute Gasteiger partial charge is 0.317 e. The number of urea groups is 2. The Balaban J connectivity index is 0.000000180. The molecule has 596 valence electrons. The SMILES string of the molecule is CCC(=O)N[C@H]1C[C@@H](n2cnc3c(NCC(c4ccccc4)c4ccccc4)nc(N4CCC(NC(=O)NC5CCN(c6ccccn6)CC5)C4)nc32)C(O)C1O.CCC(=O)N[C@H]1C[C@@H](n2cnc3c(NCC(c4ccccc4)c4ccccc4)nc(N[C@@H]4CCN(C(=O)NC5CCN(c6ccccn6)CC5)C4)nc32)C(O)C1O. The molecule has 0 radical (unpaired) electrons. The van der Waals surface area contributed by atoms with Crippen molar-refractivity contribution in [2.75, 3.05) is 96.1 Å². The Morgan fingerprint density at radius 1 is 0.430 bits per heavy atom. The lowest BCUT2D eigenvalue weighted by molar-refractivity contribution is -0.123. The van der Waals surface area contributed by atoms with E-state index in [9.17, 15) is 39.6 Å². The van der Waals surface area contributed by atoms with Gasteiger partial charge in [0.15, 0.2) is 34.0 Å². The highest BCUT2D eigenvalue weighted by atomic mass is 16.3. The van der Waals surface area contributed by atoms with Gasteiger partial charge >= 0.3 is 12.1 Å². The standard InChI is InChI=1S/2C42H51N11O4/c1-2-35(54)48-32-23-33(38(56)37(32)55)53-26-45-36-39(44-24-31(27-11-5-3-6-12-27)28-13-7-4-8-14-28)49-41(50-40(36)53)46-30-18-22-52(25-30)42(57)47-29-16-20-51(21-17-29)34-15-9-10-19-43-34;1-2-35(54)48-32-23-33(38(56)37(32)55)53-26-45-36-39(44-24-31(27-11-5-3-6-12-27)28-13-7-4-8-14-28)49-41(50-40(36)53)52-22-18-30(25-52)47-42(57)46-29-16-20-51(21-17-29)34-15-9-10-19-43-34/h3-15,19,26,29-33,37-38,55-56H,2,16-18,20-25H2,1H3,(H,47,57)(H,48,54)(H2,44,46,49,50);3-15,19,26,29-33,37-38,55-56H,2,16-18,20-25H2,1H3,(H,48,54)(H,44,49,50)(H2,46,47,57)/t30-,32+,33-,37?,38?;30?,32-,33+,37?,38?/m10/s1. The van der Waals surface area contributed by atoms with Gasteiger partial charge in [0.2, 0.25) is 23.7 Å². The maximum absolute atomic E-state index is 13.4. The minimum Gasteiger partial charge on any atom is -0.388 e. The molecule has 4 aromatic carbocycles. The van der Waals surface area contributed by atoms with E-state index in [2.05, 4.69) is 116 Å². The first-order valence-electron chi connectivity index (χ1n) is 40.1.